The fourth-order valence-corrected chi connectivity index (χ4v) is 3.20. The van der Waals surface area contributed by atoms with Gasteiger partial charge in [-0.15, -0.1) is 0 Å². The molecule has 1 atom stereocenters. The van der Waals surface area contributed by atoms with Gasteiger partial charge in [0.05, 0.1) is 18.3 Å². The Morgan fingerprint density at radius 1 is 1.06 bits per heavy atom. The maximum Gasteiger partial charge on any atom is 0.339 e. The monoisotopic (exact) mass is 427 g/mol. The molecule has 1 heterocycles. The Morgan fingerprint density at radius 2 is 1.71 bits per heavy atom. The number of anilines is 1. The molecule has 0 N–H and O–H groups in total. The third-order valence-electron chi connectivity index (χ3n) is 5.08. The van der Waals surface area contributed by atoms with Crippen LogP contribution < -0.4 is 9.64 Å². The fourth-order valence-electron chi connectivity index (χ4n) is 3.20. The largest absolute Gasteiger partial charge is 0.492 e. The molecule has 1 fully saturated rings. The van der Waals surface area contributed by atoms with Gasteiger partial charge in [-0.3, -0.25) is 14.4 Å². The zero-order chi connectivity index (χ0) is 22.7. The van der Waals surface area contributed by atoms with Crippen LogP contribution in [0.5, 0.6) is 5.75 Å². The number of hydrogen-bond acceptors (Lipinski definition) is 5. The van der Waals surface area contributed by atoms with E-state index in [-0.39, 0.29) is 11.4 Å². The molecule has 3 rings (SSSR count). The van der Waals surface area contributed by atoms with Crippen molar-refractivity contribution in [3.8, 4) is 5.75 Å². The second kappa shape index (κ2) is 8.95. The van der Waals surface area contributed by atoms with E-state index in [4.69, 9.17) is 4.74 Å². The number of ether oxygens (including phenoxy) is 1. The molecule has 0 bridgehead atoms. The van der Waals surface area contributed by atoms with Gasteiger partial charge in [-0.2, -0.15) is 0 Å². The predicted octanol–water partition coefficient (Wildman–Crippen LogP) is 2.74. The summed E-state index contributed by atoms with van der Waals surface area (Å²) in [6.07, 6.45) is 0. The van der Waals surface area contributed by atoms with Crippen molar-refractivity contribution in [1.82, 2.24) is 9.80 Å². The molecule has 5 amide bonds. The number of hydrogen-bond donors (Lipinski definition) is 0. The summed E-state index contributed by atoms with van der Waals surface area (Å²) < 4.78 is 18.6. The van der Waals surface area contributed by atoms with E-state index in [1.54, 1.807) is 44.2 Å². The topological polar surface area (TPSA) is 87.2 Å². The van der Waals surface area contributed by atoms with E-state index in [0.29, 0.717) is 22.0 Å². The molecule has 0 spiro atoms. The minimum Gasteiger partial charge on any atom is -0.492 e. The summed E-state index contributed by atoms with van der Waals surface area (Å²) in [7, 11) is 1.51. The van der Waals surface area contributed by atoms with E-state index in [9.17, 15) is 23.6 Å². The van der Waals surface area contributed by atoms with E-state index in [2.05, 4.69) is 0 Å². The molecule has 162 valence electrons. The zero-order valence-electron chi connectivity index (χ0n) is 17.4. The van der Waals surface area contributed by atoms with Crippen LogP contribution in [-0.2, 0) is 14.4 Å². The van der Waals surface area contributed by atoms with E-state index in [0.717, 1.165) is 0 Å². The molecular formula is C22H22FN3O5. The van der Waals surface area contributed by atoms with Crippen molar-refractivity contribution in [3.63, 3.8) is 0 Å². The van der Waals surface area contributed by atoms with Crippen LogP contribution in [0.2, 0.25) is 0 Å². The van der Waals surface area contributed by atoms with Gasteiger partial charge in [0.15, 0.2) is 0 Å². The van der Waals surface area contributed by atoms with Gasteiger partial charge in [0.25, 0.3) is 0 Å². The summed E-state index contributed by atoms with van der Waals surface area (Å²) in [5.41, 5.74) is 0.815. The maximum absolute atomic E-state index is 13.1. The number of para-hydroxylation sites is 2. The number of urea groups is 1. The van der Waals surface area contributed by atoms with Gasteiger partial charge < -0.3 is 9.64 Å². The third kappa shape index (κ3) is 4.25. The number of amides is 5. The Labute approximate surface area is 178 Å². The molecule has 0 saturated carbocycles. The van der Waals surface area contributed by atoms with Crippen LogP contribution in [0.1, 0.15) is 25.5 Å². The Morgan fingerprint density at radius 3 is 2.35 bits per heavy atom. The van der Waals surface area contributed by atoms with Crippen LogP contribution in [-0.4, -0.2) is 53.8 Å². The van der Waals surface area contributed by atoms with Crippen molar-refractivity contribution >= 4 is 29.4 Å². The first kappa shape index (κ1) is 21.9. The van der Waals surface area contributed by atoms with Gasteiger partial charge in [0.2, 0.25) is 5.91 Å². The molecule has 1 aliphatic rings. The molecule has 0 aliphatic carbocycles. The van der Waals surface area contributed by atoms with Crippen molar-refractivity contribution in [1.29, 1.82) is 0 Å². The molecule has 0 aromatic heterocycles. The van der Waals surface area contributed by atoms with Gasteiger partial charge in [0, 0.05) is 7.05 Å². The van der Waals surface area contributed by atoms with E-state index in [1.165, 1.54) is 30.1 Å². The molecule has 0 radical (unpaired) electrons. The molecule has 1 aliphatic heterocycles. The Hall–Kier alpha value is -3.75. The number of halogens is 1. The normalized spacial score (nSPS) is 14.8. The molecule has 2 aromatic carbocycles. The van der Waals surface area contributed by atoms with Gasteiger partial charge in [0.1, 0.15) is 18.1 Å². The number of carbonyl (C=O) groups excluding carboxylic acids is 4. The third-order valence-corrected chi connectivity index (χ3v) is 5.08. The van der Waals surface area contributed by atoms with Gasteiger partial charge in [-0.1, -0.05) is 24.3 Å². The quantitative estimate of drug-likeness (QED) is 0.501. The number of imide groups is 2. The summed E-state index contributed by atoms with van der Waals surface area (Å²) in [5, 5.41) is 0. The Kier molecular flexibility index (Phi) is 6.33. The zero-order valence-corrected chi connectivity index (χ0v) is 17.4. The first-order chi connectivity index (χ1) is 14.8. The standard InChI is InChI=1S/C22H22FN3O5/c1-4-31-18-8-6-5-7-17(18)26-21(29)20(28)25(22(26)30)13-19(27)24(3)14(2)15-9-11-16(23)12-10-15/h5-12,14H,4,13H2,1-3H3/t14-/m1/s1. The highest BCUT2D eigenvalue weighted by atomic mass is 19.1. The lowest BCUT2D eigenvalue weighted by atomic mass is 10.1. The molecule has 8 nitrogen and oxygen atoms in total. The number of nitrogens with zero attached hydrogens (tertiary/aromatic N) is 3. The highest BCUT2D eigenvalue weighted by Crippen LogP contribution is 2.32. The predicted molar refractivity (Wildman–Crippen MR) is 110 cm³/mol. The lowest BCUT2D eigenvalue weighted by Gasteiger charge is -2.27. The average molecular weight is 427 g/mol. The smallest absolute Gasteiger partial charge is 0.339 e. The fraction of sp³-hybridized carbons (Fsp3) is 0.273. The second-order valence-electron chi connectivity index (χ2n) is 6.95. The van der Waals surface area contributed by atoms with Crippen molar-refractivity contribution in [3.05, 3.63) is 59.9 Å². The lowest BCUT2D eigenvalue weighted by molar-refractivity contribution is -0.142. The van der Waals surface area contributed by atoms with Crippen LogP contribution >= 0.6 is 0 Å². The van der Waals surface area contributed by atoms with Gasteiger partial charge in [-0.25, -0.2) is 19.0 Å². The number of carbonyl (C=O) groups is 4. The van der Waals surface area contributed by atoms with Crippen LogP contribution in [0.3, 0.4) is 0 Å². The van der Waals surface area contributed by atoms with E-state index < -0.39 is 42.2 Å². The maximum atomic E-state index is 13.1. The lowest BCUT2D eigenvalue weighted by Crippen LogP contribution is -2.43. The Balaban J connectivity index is 1.78. The minimum atomic E-state index is -1.09. The summed E-state index contributed by atoms with van der Waals surface area (Å²) in [6.45, 7) is 3.18. The highest BCUT2D eigenvalue weighted by Gasteiger charge is 2.47. The Bertz CT molecular complexity index is 1020. The first-order valence-electron chi connectivity index (χ1n) is 9.69. The molecule has 31 heavy (non-hydrogen) atoms. The molecule has 0 unspecified atom stereocenters. The summed E-state index contributed by atoms with van der Waals surface area (Å²) in [6, 6.07) is 10.7. The van der Waals surface area contributed by atoms with Gasteiger partial charge >= 0.3 is 17.8 Å². The van der Waals surface area contributed by atoms with Crippen LogP contribution in [0, 0.1) is 5.82 Å². The molecule has 1 saturated heterocycles. The second-order valence-corrected chi connectivity index (χ2v) is 6.95. The van der Waals surface area contributed by atoms with Gasteiger partial charge in [-0.05, 0) is 43.7 Å². The van der Waals surface area contributed by atoms with Crippen LogP contribution in [0.15, 0.2) is 48.5 Å². The summed E-state index contributed by atoms with van der Waals surface area (Å²) in [4.78, 5) is 53.2. The number of rotatable bonds is 7. The average Bonchev–Trinajstić information content (AvgIpc) is 2.97. The van der Waals surface area contributed by atoms with Crippen molar-refractivity contribution in [2.45, 2.75) is 19.9 Å². The van der Waals surface area contributed by atoms with E-state index >= 15 is 0 Å². The molecule has 9 heteroatoms. The SMILES string of the molecule is CCOc1ccccc1N1C(=O)C(=O)N(CC(=O)N(C)[C@H](C)c2ccc(F)cc2)C1=O. The van der Waals surface area contributed by atoms with Crippen molar-refractivity contribution in [2.24, 2.45) is 0 Å². The van der Waals surface area contributed by atoms with Crippen LogP contribution in [0.4, 0.5) is 14.9 Å². The minimum absolute atomic E-state index is 0.135. The molecular weight excluding hydrogens is 405 g/mol. The molecule has 2 aromatic rings. The highest BCUT2D eigenvalue weighted by molar-refractivity contribution is 6.53. The first-order valence-corrected chi connectivity index (χ1v) is 9.69. The summed E-state index contributed by atoms with van der Waals surface area (Å²) >= 11 is 0. The van der Waals surface area contributed by atoms with Crippen molar-refractivity contribution in [2.75, 3.05) is 25.1 Å². The number of likely N-dealkylation sites (N-methyl/N-ethyl adjacent to an activating group) is 1. The summed E-state index contributed by atoms with van der Waals surface area (Å²) in [5.74, 6) is -2.82. The van der Waals surface area contributed by atoms with E-state index in [1.807, 2.05) is 0 Å². The van der Waals surface area contributed by atoms with Crippen LogP contribution in [0.25, 0.3) is 0 Å². The van der Waals surface area contributed by atoms with Crippen molar-refractivity contribution < 1.29 is 28.3 Å². The number of benzene rings is 2.